The van der Waals surface area contributed by atoms with Crippen LogP contribution in [-0.4, -0.2) is 40.6 Å². The van der Waals surface area contributed by atoms with Gasteiger partial charge in [0.15, 0.2) is 5.69 Å². The van der Waals surface area contributed by atoms with E-state index in [1.807, 2.05) is 62.0 Å². The summed E-state index contributed by atoms with van der Waals surface area (Å²) in [5.41, 5.74) is 7.13. The minimum atomic E-state index is -0.523. The van der Waals surface area contributed by atoms with Gasteiger partial charge in [-0.1, -0.05) is 12.1 Å². The Labute approximate surface area is 152 Å². The van der Waals surface area contributed by atoms with Crippen LogP contribution in [0, 0.1) is 6.92 Å². The Hall–Kier alpha value is -3.03. The minimum absolute atomic E-state index is 0.0396. The second-order valence-electron chi connectivity index (χ2n) is 6.33. The highest BCUT2D eigenvalue weighted by Gasteiger charge is 2.19. The average molecular weight is 358 g/mol. The molecular formula is C18H26N6O2. The summed E-state index contributed by atoms with van der Waals surface area (Å²) < 4.78 is 2.22. The van der Waals surface area contributed by atoms with Gasteiger partial charge >= 0.3 is 5.69 Å². The second kappa shape index (κ2) is 7.47. The third-order valence-electron chi connectivity index (χ3n) is 4.17. The molecule has 26 heavy (non-hydrogen) atoms. The monoisotopic (exact) mass is 358 g/mol. The molecule has 0 radical (unpaired) electrons. The number of guanidine groups is 1. The molecule has 8 heteroatoms. The van der Waals surface area contributed by atoms with Gasteiger partial charge in [-0.15, -0.1) is 0 Å². The standard InChI is InChI=1S/C18H26N6O2/c1-7-24(13-10-8-9-12(2)11-13)17(21(3)4)20-14-15(19)22(5)18(26)23(6)16(14)25/h8-11H,7,19H2,1-6H3. The molecule has 8 nitrogen and oxygen atoms in total. The smallest absolute Gasteiger partial charge is 0.332 e. The van der Waals surface area contributed by atoms with E-state index in [1.54, 1.807) is 0 Å². The van der Waals surface area contributed by atoms with E-state index < -0.39 is 11.2 Å². The van der Waals surface area contributed by atoms with Gasteiger partial charge in [-0.25, -0.2) is 9.79 Å². The molecule has 0 saturated carbocycles. The fourth-order valence-electron chi connectivity index (χ4n) is 2.68. The minimum Gasteiger partial charge on any atom is -0.383 e. The first kappa shape index (κ1) is 19.3. The first-order valence-electron chi connectivity index (χ1n) is 8.34. The van der Waals surface area contributed by atoms with E-state index in [9.17, 15) is 9.59 Å². The van der Waals surface area contributed by atoms with Gasteiger partial charge < -0.3 is 15.5 Å². The highest BCUT2D eigenvalue weighted by Crippen LogP contribution is 2.20. The fourth-order valence-corrected chi connectivity index (χ4v) is 2.68. The highest BCUT2D eigenvalue weighted by atomic mass is 16.2. The molecule has 0 saturated heterocycles. The zero-order valence-electron chi connectivity index (χ0n) is 16.1. The van der Waals surface area contributed by atoms with E-state index in [0.29, 0.717) is 12.5 Å². The Balaban J connectivity index is 2.72. The number of nitrogens with two attached hydrogens (primary N) is 1. The summed E-state index contributed by atoms with van der Waals surface area (Å²) in [6.45, 7) is 4.67. The molecule has 2 rings (SSSR count). The first-order chi connectivity index (χ1) is 12.2. The number of nitrogen functional groups attached to an aromatic ring is 1. The fraction of sp³-hybridized carbons (Fsp3) is 0.389. The molecular weight excluding hydrogens is 332 g/mol. The van der Waals surface area contributed by atoms with Crippen molar-refractivity contribution < 1.29 is 0 Å². The maximum Gasteiger partial charge on any atom is 0.332 e. The number of anilines is 2. The van der Waals surface area contributed by atoms with Crippen LogP contribution < -0.4 is 21.9 Å². The van der Waals surface area contributed by atoms with Crippen molar-refractivity contribution in [1.82, 2.24) is 14.0 Å². The van der Waals surface area contributed by atoms with Gasteiger partial charge in [-0.05, 0) is 31.5 Å². The molecule has 0 fully saturated rings. The van der Waals surface area contributed by atoms with E-state index in [4.69, 9.17) is 5.73 Å². The number of aliphatic imine (C=N–C) groups is 1. The van der Waals surface area contributed by atoms with Crippen LogP contribution in [0.25, 0.3) is 0 Å². The summed E-state index contributed by atoms with van der Waals surface area (Å²) in [5.74, 6) is 0.596. The third kappa shape index (κ3) is 3.49. The Morgan fingerprint density at radius 2 is 1.85 bits per heavy atom. The number of benzene rings is 1. The molecule has 1 aromatic carbocycles. The van der Waals surface area contributed by atoms with Gasteiger partial charge in [0.25, 0.3) is 5.56 Å². The zero-order valence-corrected chi connectivity index (χ0v) is 16.1. The van der Waals surface area contributed by atoms with Gasteiger partial charge in [0, 0.05) is 40.4 Å². The van der Waals surface area contributed by atoms with Crippen molar-refractivity contribution in [2.24, 2.45) is 19.1 Å². The molecule has 0 unspecified atom stereocenters. The third-order valence-corrected chi connectivity index (χ3v) is 4.17. The van der Waals surface area contributed by atoms with E-state index in [1.165, 1.54) is 18.7 Å². The van der Waals surface area contributed by atoms with Gasteiger partial charge in [0.05, 0.1) is 0 Å². The summed E-state index contributed by atoms with van der Waals surface area (Å²) in [7, 11) is 6.63. The Bertz CT molecular complexity index is 955. The summed E-state index contributed by atoms with van der Waals surface area (Å²) in [5, 5.41) is 0. The Kier molecular flexibility index (Phi) is 5.54. The van der Waals surface area contributed by atoms with Crippen LogP contribution in [0.3, 0.4) is 0 Å². The first-order valence-corrected chi connectivity index (χ1v) is 8.34. The van der Waals surface area contributed by atoms with Crippen LogP contribution in [0.15, 0.2) is 38.8 Å². The molecule has 0 bridgehead atoms. The highest BCUT2D eigenvalue weighted by molar-refractivity contribution is 5.97. The van der Waals surface area contributed by atoms with Crippen molar-refractivity contribution >= 4 is 23.2 Å². The summed E-state index contributed by atoms with van der Waals surface area (Å²) in [4.78, 5) is 32.9. The van der Waals surface area contributed by atoms with Gasteiger partial charge in [0.2, 0.25) is 5.96 Å². The van der Waals surface area contributed by atoms with Crippen LogP contribution in [0.2, 0.25) is 0 Å². The molecule has 0 amide bonds. The number of aromatic nitrogens is 2. The molecule has 0 aliphatic carbocycles. The lowest BCUT2D eigenvalue weighted by molar-refractivity contribution is 0.603. The zero-order chi connectivity index (χ0) is 19.6. The molecule has 0 atom stereocenters. The van der Waals surface area contributed by atoms with Crippen LogP contribution in [0.1, 0.15) is 12.5 Å². The van der Waals surface area contributed by atoms with Crippen molar-refractivity contribution in [1.29, 1.82) is 0 Å². The second-order valence-corrected chi connectivity index (χ2v) is 6.33. The van der Waals surface area contributed by atoms with Crippen molar-refractivity contribution in [2.75, 3.05) is 31.3 Å². The molecule has 0 aliphatic rings. The molecule has 1 heterocycles. The van der Waals surface area contributed by atoms with Crippen LogP contribution >= 0.6 is 0 Å². The van der Waals surface area contributed by atoms with E-state index in [2.05, 4.69) is 4.99 Å². The van der Waals surface area contributed by atoms with Gasteiger partial charge in [-0.3, -0.25) is 13.9 Å². The molecule has 140 valence electrons. The summed E-state index contributed by atoms with van der Waals surface area (Å²) in [6, 6.07) is 8.02. The average Bonchev–Trinajstić information content (AvgIpc) is 2.60. The number of hydrogen-bond donors (Lipinski definition) is 1. The molecule has 0 aliphatic heterocycles. The van der Waals surface area contributed by atoms with E-state index in [0.717, 1.165) is 15.8 Å². The Morgan fingerprint density at radius 1 is 1.19 bits per heavy atom. The molecule has 0 spiro atoms. The summed E-state index contributed by atoms with van der Waals surface area (Å²) >= 11 is 0. The van der Waals surface area contributed by atoms with Crippen molar-refractivity contribution in [3.63, 3.8) is 0 Å². The molecule has 2 N–H and O–H groups in total. The quantitative estimate of drug-likeness (QED) is 0.654. The lowest BCUT2D eigenvalue weighted by Crippen LogP contribution is -2.42. The maximum atomic E-state index is 12.5. The molecule has 1 aromatic heterocycles. The number of rotatable bonds is 3. The van der Waals surface area contributed by atoms with E-state index >= 15 is 0 Å². The normalized spacial score (nSPS) is 11.5. The number of nitrogens with zero attached hydrogens (tertiary/aromatic N) is 5. The van der Waals surface area contributed by atoms with Gasteiger partial charge in [0.1, 0.15) is 5.82 Å². The predicted octanol–water partition coefficient (Wildman–Crippen LogP) is 1.05. The predicted molar refractivity (Wildman–Crippen MR) is 106 cm³/mol. The van der Waals surface area contributed by atoms with Crippen LogP contribution in [0.4, 0.5) is 17.2 Å². The molecule has 2 aromatic rings. The topological polar surface area (TPSA) is 88.9 Å². The lowest BCUT2D eigenvalue weighted by atomic mass is 10.2. The van der Waals surface area contributed by atoms with Crippen molar-refractivity contribution in [2.45, 2.75) is 13.8 Å². The lowest BCUT2D eigenvalue weighted by Gasteiger charge is -2.29. The van der Waals surface area contributed by atoms with Crippen LogP contribution in [0.5, 0.6) is 0 Å². The van der Waals surface area contributed by atoms with E-state index in [-0.39, 0.29) is 11.5 Å². The maximum absolute atomic E-state index is 12.5. The van der Waals surface area contributed by atoms with Crippen molar-refractivity contribution in [3.8, 4) is 0 Å². The Morgan fingerprint density at radius 3 is 2.38 bits per heavy atom. The summed E-state index contributed by atoms with van der Waals surface area (Å²) in [6.07, 6.45) is 0. The van der Waals surface area contributed by atoms with Gasteiger partial charge in [-0.2, -0.15) is 0 Å². The number of hydrogen-bond acceptors (Lipinski definition) is 4. The SMILES string of the molecule is CCN(C(=Nc1c(N)n(C)c(=O)n(C)c1=O)N(C)C)c1cccc(C)c1. The largest absolute Gasteiger partial charge is 0.383 e. The van der Waals surface area contributed by atoms with Crippen molar-refractivity contribution in [3.05, 3.63) is 50.7 Å². The number of aryl methyl sites for hydroxylation is 1. The van der Waals surface area contributed by atoms with Crippen LogP contribution in [-0.2, 0) is 14.1 Å².